The van der Waals surface area contributed by atoms with E-state index in [1.807, 2.05) is 11.7 Å². The first-order chi connectivity index (χ1) is 7.99. The molecule has 0 fully saturated rings. The third-order valence-electron chi connectivity index (χ3n) is 3.68. The van der Waals surface area contributed by atoms with E-state index in [2.05, 4.69) is 31.9 Å². The van der Waals surface area contributed by atoms with Gasteiger partial charge in [-0.15, -0.1) is 23.2 Å². The summed E-state index contributed by atoms with van der Waals surface area (Å²) in [6, 6.07) is 2.16. The van der Waals surface area contributed by atoms with E-state index < -0.39 is 0 Å². The van der Waals surface area contributed by atoms with E-state index in [9.17, 15) is 0 Å². The minimum atomic E-state index is -0.0398. The molecule has 0 aromatic carbocycles. The molecule has 2 nitrogen and oxygen atoms in total. The van der Waals surface area contributed by atoms with Gasteiger partial charge in [-0.3, -0.25) is 4.68 Å². The summed E-state index contributed by atoms with van der Waals surface area (Å²) >= 11 is 12.3. The van der Waals surface area contributed by atoms with Crippen molar-refractivity contribution >= 4 is 23.2 Å². The smallest absolute Gasteiger partial charge is 0.0624 e. The van der Waals surface area contributed by atoms with E-state index in [0.717, 1.165) is 18.5 Å². The Bertz CT molecular complexity index is 354. The maximum absolute atomic E-state index is 6.15. The van der Waals surface area contributed by atoms with Crippen molar-refractivity contribution in [2.75, 3.05) is 11.8 Å². The molecule has 1 aromatic rings. The van der Waals surface area contributed by atoms with E-state index in [4.69, 9.17) is 23.2 Å². The van der Waals surface area contributed by atoms with Crippen molar-refractivity contribution in [2.45, 2.75) is 33.6 Å². The number of hydrogen-bond donors (Lipinski definition) is 0. The van der Waals surface area contributed by atoms with Gasteiger partial charge in [0.2, 0.25) is 0 Å². The van der Waals surface area contributed by atoms with Gasteiger partial charge in [-0.25, -0.2) is 0 Å². The van der Waals surface area contributed by atoms with Gasteiger partial charge in [0.05, 0.1) is 5.69 Å². The Morgan fingerprint density at radius 2 is 1.94 bits per heavy atom. The summed E-state index contributed by atoms with van der Waals surface area (Å²) in [6.07, 6.45) is 1.85. The zero-order valence-electron chi connectivity index (χ0n) is 11.1. The Labute approximate surface area is 114 Å². The molecule has 0 saturated heterocycles. The Hall–Kier alpha value is -0.210. The largest absolute Gasteiger partial charge is 0.272 e. The van der Waals surface area contributed by atoms with Crippen LogP contribution in [-0.4, -0.2) is 21.5 Å². The molecule has 17 heavy (non-hydrogen) atoms. The highest BCUT2D eigenvalue weighted by Gasteiger charge is 2.33. The summed E-state index contributed by atoms with van der Waals surface area (Å²) in [7, 11) is 1.99. The molecule has 98 valence electrons. The first-order valence-electron chi connectivity index (χ1n) is 6.12. The minimum absolute atomic E-state index is 0.0398. The average molecular weight is 277 g/mol. The van der Waals surface area contributed by atoms with Crippen molar-refractivity contribution < 1.29 is 0 Å². The zero-order valence-corrected chi connectivity index (χ0v) is 12.6. The standard InChI is InChI=1S/C13H22Cl2N2/c1-5-11-6-12(17(4)16-11)7-13(8-14,9-15)10(2)3/h6,10H,5,7-9H2,1-4H3. The van der Waals surface area contributed by atoms with Gasteiger partial charge in [-0.1, -0.05) is 20.8 Å². The maximum Gasteiger partial charge on any atom is 0.0624 e. The van der Waals surface area contributed by atoms with Gasteiger partial charge >= 0.3 is 0 Å². The number of aromatic nitrogens is 2. The molecule has 1 aromatic heterocycles. The van der Waals surface area contributed by atoms with Gasteiger partial charge < -0.3 is 0 Å². The highest BCUT2D eigenvalue weighted by molar-refractivity contribution is 6.21. The van der Waals surface area contributed by atoms with Gasteiger partial charge in [-0.2, -0.15) is 5.10 Å². The molecule has 1 heterocycles. The molecule has 0 aliphatic carbocycles. The Morgan fingerprint density at radius 3 is 2.29 bits per heavy atom. The third kappa shape index (κ3) is 3.17. The number of hydrogen-bond acceptors (Lipinski definition) is 1. The fourth-order valence-corrected chi connectivity index (χ4v) is 3.01. The second kappa shape index (κ2) is 6.10. The molecule has 0 saturated carbocycles. The predicted octanol–water partition coefficient (Wildman–Crippen LogP) is 3.65. The maximum atomic E-state index is 6.15. The lowest BCUT2D eigenvalue weighted by Crippen LogP contribution is -2.34. The van der Waals surface area contributed by atoms with E-state index in [0.29, 0.717) is 17.7 Å². The van der Waals surface area contributed by atoms with Crippen molar-refractivity contribution in [1.82, 2.24) is 9.78 Å². The van der Waals surface area contributed by atoms with Crippen LogP contribution in [0, 0.1) is 11.3 Å². The normalized spacial score (nSPS) is 12.4. The topological polar surface area (TPSA) is 17.8 Å². The predicted molar refractivity (Wildman–Crippen MR) is 75.0 cm³/mol. The molecule has 0 atom stereocenters. The molecule has 0 bridgehead atoms. The van der Waals surface area contributed by atoms with Crippen LogP contribution >= 0.6 is 23.2 Å². The molecule has 0 N–H and O–H groups in total. The highest BCUT2D eigenvalue weighted by atomic mass is 35.5. The van der Waals surface area contributed by atoms with Crippen LogP contribution in [0.1, 0.15) is 32.2 Å². The second-order valence-corrected chi connectivity index (χ2v) is 5.60. The van der Waals surface area contributed by atoms with Crippen molar-refractivity contribution in [3.63, 3.8) is 0 Å². The molecular formula is C13H22Cl2N2. The summed E-state index contributed by atoms with van der Waals surface area (Å²) < 4.78 is 1.95. The van der Waals surface area contributed by atoms with Gasteiger partial charge in [0.1, 0.15) is 0 Å². The molecule has 0 aliphatic rings. The van der Waals surface area contributed by atoms with Crippen LogP contribution in [0.25, 0.3) is 0 Å². The SMILES string of the molecule is CCc1cc(CC(CCl)(CCl)C(C)C)n(C)n1. The summed E-state index contributed by atoms with van der Waals surface area (Å²) in [5.41, 5.74) is 2.31. The van der Waals surface area contributed by atoms with Crippen LogP contribution < -0.4 is 0 Å². The van der Waals surface area contributed by atoms with Crippen LogP contribution in [-0.2, 0) is 19.9 Å². The Morgan fingerprint density at radius 1 is 1.35 bits per heavy atom. The molecular weight excluding hydrogens is 255 g/mol. The number of halogens is 2. The molecule has 0 aliphatic heterocycles. The molecule has 0 radical (unpaired) electrons. The van der Waals surface area contributed by atoms with E-state index in [1.165, 1.54) is 5.69 Å². The van der Waals surface area contributed by atoms with Gasteiger partial charge in [0.15, 0.2) is 0 Å². The van der Waals surface area contributed by atoms with Crippen LogP contribution in [0.15, 0.2) is 6.07 Å². The molecule has 0 spiro atoms. The fraction of sp³-hybridized carbons (Fsp3) is 0.769. The lowest BCUT2D eigenvalue weighted by molar-refractivity contribution is 0.253. The van der Waals surface area contributed by atoms with E-state index in [-0.39, 0.29) is 5.41 Å². The van der Waals surface area contributed by atoms with E-state index in [1.54, 1.807) is 0 Å². The second-order valence-electron chi connectivity index (χ2n) is 5.07. The van der Waals surface area contributed by atoms with Crippen molar-refractivity contribution in [3.8, 4) is 0 Å². The van der Waals surface area contributed by atoms with Gasteiger partial charge in [-0.05, 0) is 24.8 Å². The van der Waals surface area contributed by atoms with Gasteiger partial charge in [0.25, 0.3) is 0 Å². The van der Waals surface area contributed by atoms with E-state index >= 15 is 0 Å². The lowest BCUT2D eigenvalue weighted by atomic mass is 9.77. The van der Waals surface area contributed by atoms with Crippen molar-refractivity contribution in [1.29, 1.82) is 0 Å². The first kappa shape index (κ1) is 14.8. The number of nitrogens with zero attached hydrogens (tertiary/aromatic N) is 2. The zero-order chi connectivity index (χ0) is 13.1. The monoisotopic (exact) mass is 276 g/mol. The Balaban J connectivity index is 2.96. The quantitative estimate of drug-likeness (QED) is 0.726. The molecule has 0 unspecified atom stereocenters. The summed E-state index contributed by atoms with van der Waals surface area (Å²) in [5.74, 6) is 1.62. The number of alkyl halides is 2. The van der Waals surface area contributed by atoms with Crippen LogP contribution in [0.3, 0.4) is 0 Å². The summed E-state index contributed by atoms with van der Waals surface area (Å²) in [6.45, 7) is 6.48. The molecule has 0 amide bonds. The number of aryl methyl sites for hydroxylation is 2. The summed E-state index contributed by atoms with van der Waals surface area (Å²) in [5, 5.41) is 4.47. The van der Waals surface area contributed by atoms with Crippen LogP contribution in [0.5, 0.6) is 0 Å². The van der Waals surface area contributed by atoms with Crippen LogP contribution in [0.2, 0.25) is 0 Å². The number of rotatable bonds is 6. The highest BCUT2D eigenvalue weighted by Crippen LogP contribution is 2.34. The lowest BCUT2D eigenvalue weighted by Gasteiger charge is -2.33. The van der Waals surface area contributed by atoms with Gasteiger partial charge in [0, 0.05) is 29.9 Å². The van der Waals surface area contributed by atoms with Crippen molar-refractivity contribution in [3.05, 3.63) is 17.5 Å². The minimum Gasteiger partial charge on any atom is -0.272 e. The van der Waals surface area contributed by atoms with Crippen LogP contribution in [0.4, 0.5) is 0 Å². The average Bonchev–Trinajstić information content (AvgIpc) is 2.66. The Kier molecular flexibility index (Phi) is 5.33. The van der Waals surface area contributed by atoms with Crippen molar-refractivity contribution in [2.24, 2.45) is 18.4 Å². The molecule has 4 heteroatoms. The molecule has 1 rings (SSSR count). The fourth-order valence-electron chi connectivity index (χ4n) is 1.91. The third-order valence-corrected chi connectivity index (χ3v) is 4.74. The summed E-state index contributed by atoms with van der Waals surface area (Å²) in [4.78, 5) is 0. The first-order valence-corrected chi connectivity index (χ1v) is 7.19.